The van der Waals surface area contributed by atoms with Crippen LogP contribution in [0.25, 0.3) is 0 Å². The van der Waals surface area contributed by atoms with E-state index < -0.39 is 5.97 Å². The standard InChI is InChI=1S/C18H18O5/c1-3-18(19)22-13-12-21-15-6-10-17(11-7-15)23-16-8-4-14(20-2)5-9-16/h3-11H,1,12-13H2,2H3. The van der Waals surface area contributed by atoms with E-state index in [2.05, 4.69) is 6.58 Å². The van der Waals surface area contributed by atoms with Crippen molar-refractivity contribution in [2.45, 2.75) is 0 Å². The third-order valence-electron chi connectivity index (χ3n) is 2.88. The molecule has 2 aromatic carbocycles. The first-order chi connectivity index (χ1) is 11.2. The predicted molar refractivity (Wildman–Crippen MR) is 86.2 cm³/mol. The maximum atomic E-state index is 10.9. The lowest BCUT2D eigenvalue weighted by atomic mass is 10.3. The fraction of sp³-hybridized carbons (Fsp3) is 0.167. The highest BCUT2D eigenvalue weighted by Crippen LogP contribution is 2.25. The molecule has 5 heteroatoms. The molecule has 120 valence electrons. The molecule has 0 bridgehead atoms. The van der Waals surface area contributed by atoms with Crippen LogP contribution in [-0.4, -0.2) is 26.3 Å². The van der Waals surface area contributed by atoms with Gasteiger partial charge in [-0.05, 0) is 48.5 Å². The van der Waals surface area contributed by atoms with Gasteiger partial charge in [0.25, 0.3) is 0 Å². The first kappa shape index (κ1) is 16.4. The number of hydrogen-bond donors (Lipinski definition) is 0. The van der Waals surface area contributed by atoms with Crippen molar-refractivity contribution >= 4 is 5.97 Å². The van der Waals surface area contributed by atoms with Crippen molar-refractivity contribution in [1.82, 2.24) is 0 Å². The summed E-state index contributed by atoms with van der Waals surface area (Å²) in [6.45, 7) is 3.77. The molecule has 0 aliphatic heterocycles. The number of ether oxygens (including phenoxy) is 4. The van der Waals surface area contributed by atoms with E-state index >= 15 is 0 Å². The summed E-state index contributed by atoms with van der Waals surface area (Å²) in [5.41, 5.74) is 0. The van der Waals surface area contributed by atoms with Crippen molar-refractivity contribution < 1.29 is 23.7 Å². The van der Waals surface area contributed by atoms with Gasteiger partial charge >= 0.3 is 5.97 Å². The molecule has 0 aromatic heterocycles. The first-order valence-electron chi connectivity index (χ1n) is 7.05. The van der Waals surface area contributed by atoms with Gasteiger partial charge < -0.3 is 18.9 Å². The minimum Gasteiger partial charge on any atom is -0.497 e. The maximum Gasteiger partial charge on any atom is 0.330 e. The van der Waals surface area contributed by atoms with E-state index in [1.807, 2.05) is 24.3 Å². The van der Waals surface area contributed by atoms with Crippen molar-refractivity contribution in [1.29, 1.82) is 0 Å². The van der Waals surface area contributed by atoms with Gasteiger partial charge in [0.05, 0.1) is 7.11 Å². The van der Waals surface area contributed by atoms with Crippen LogP contribution in [0.5, 0.6) is 23.0 Å². The van der Waals surface area contributed by atoms with Crippen molar-refractivity contribution in [3.05, 3.63) is 61.2 Å². The number of carbonyl (C=O) groups excluding carboxylic acids is 1. The zero-order valence-corrected chi connectivity index (χ0v) is 12.9. The van der Waals surface area contributed by atoms with E-state index in [4.69, 9.17) is 18.9 Å². The summed E-state index contributed by atoms with van der Waals surface area (Å²) in [5.74, 6) is 2.40. The smallest absolute Gasteiger partial charge is 0.330 e. The van der Waals surface area contributed by atoms with Gasteiger partial charge in [-0.3, -0.25) is 0 Å². The van der Waals surface area contributed by atoms with Gasteiger partial charge in [-0.25, -0.2) is 4.79 Å². The van der Waals surface area contributed by atoms with Crippen LogP contribution in [-0.2, 0) is 9.53 Å². The normalized spacial score (nSPS) is 9.78. The van der Waals surface area contributed by atoms with Crippen molar-refractivity contribution in [3.8, 4) is 23.0 Å². The van der Waals surface area contributed by atoms with Gasteiger partial charge in [0.15, 0.2) is 0 Å². The molecule has 0 saturated heterocycles. The molecule has 2 rings (SSSR count). The molecular weight excluding hydrogens is 296 g/mol. The highest BCUT2D eigenvalue weighted by Gasteiger charge is 2.00. The molecule has 0 unspecified atom stereocenters. The Morgan fingerprint density at radius 3 is 1.96 bits per heavy atom. The van der Waals surface area contributed by atoms with Crippen LogP contribution in [0.1, 0.15) is 0 Å². The van der Waals surface area contributed by atoms with Gasteiger partial charge in [0.1, 0.15) is 36.2 Å². The van der Waals surface area contributed by atoms with Crippen LogP contribution in [0.15, 0.2) is 61.2 Å². The monoisotopic (exact) mass is 314 g/mol. The average Bonchev–Trinajstić information content (AvgIpc) is 2.60. The summed E-state index contributed by atoms with van der Waals surface area (Å²) in [4.78, 5) is 10.9. The molecule has 23 heavy (non-hydrogen) atoms. The van der Waals surface area contributed by atoms with E-state index in [-0.39, 0.29) is 13.2 Å². The minimum atomic E-state index is -0.461. The molecule has 0 aliphatic carbocycles. The predicted octanol–water partition coefficient (Wildman–Crippen LogP) is 3.60. The van der Waals surface area contributed by atoms with Crippen molar-refractivity contribution in [2.24, 2.45) is 0 Å². The van der Waals surface area contributed by atoms with E-state index in [1.165, 1.54) is 0 Å². The Hall–Kier alpha value is -2.95. The summed E-state index contributed by atoms with van der Waals surface area (Å²) in [6.07, 6.45) is 1.12. The lowest BCUT2D eigenvalue weighted by Crippen LogP contribution is -2.10. The van der Waals surface area contributed by atoms with Crippen LogP contribution in [0.3, 0.4) is 0 Å². The number of benzene rings is 2. The van der Waals surface area contributed by atoms with Crippen molar-refractivity contribution in [3.63, 3.8) is 0 Å². The van der Waals surface area contributed by atoms with Gasteiger partial charge in [0.2, 0.25) is 0 Å². The summed E-state index contributed by atoms with van der Waals surface area (Å²) in [5, 5.41) is 0. The molecule has 5 nitrogen and oxygen atoms in total. The summed E-state index contributed by atoms with van der Waals surface area (Å²) in [6, 6.07) is 14.5. The van der Waals surface area contributed by atoms with Crippen molar-refractivity contribution in [2.75, 3.05) is 20.3 Å². The SMILES string of the molecule is C=CC(=O)OCCOc1ccc(Oc2ccc(OC)cc2)cc1. The molecule has 0 atom stereocenters. The quantitative estimate of drug-likeness (QED) is 0.423. The molecule has 0 heterocycles. The summed E-state index contributed by atoms with van der Waals surface area (Å²) in [7, 11) is 1.62. The van der Waals surface area contributed by atoms with Gasteiger partial charge in [-0.15, -0.1) is 0 Å². The minimum absolute atomic E-state index is 0.176. The fourth-order valence-electron chi connectivity index (χ4n) is 1.74. The molecule has 0 N–H and O–H groups in total. The van der Waals surface area contributed by atoms with Gasteiger partial charge in [0, 0.05) is 6.08 Å². The van der Waals surface area contributed by atoms with Gasteiger partial charge in [-0.2, -0.15) is 0 Å². The Bertz CT molecular complexity index is 631. The molecule has 0 saturated carbocycles. The summed E-state index contributed by atoms with van der Waals surface area (Å²) >= 11 is 0. The molecule has 0 amide bonds. The highest BCUT2D eigenvalue weighted by molar-refractivity contribution is 5.81. The average molecular weight is 314 g/mol. The first-order valence-corrected chi connectivity index (χ1v) is 7.05. The number of esters is 1. The zero-order chi connectivity index (χ0) is 16.5. The summed E-state index contributed by atoms with van der Waals surface area (Å²) < 4.78 is 21.1. The number of hydrogen-bond acceptors (Lipinski definition) is 5. The van der Waals surface area contributed by atoms with E-state index in [0.717, 1.165) is 17.6 Å². The largest absolute Gasteiger partial charge is 0.497 e. The fourth-order valence-corrected chi connectivity index (χ4v) is 1.74. The molecule has 2 aromatic rings. The molecule has 0 spiro atoms. The second-order valence-electron chi connectivity index (χ2n) is 4.47. The van der Waals surface area contributed by atoms with E-state index in [0.29, 0.717) is 11.5 Å². The topological polar surface area (TPSA) is 54.0 Å². The van der Waals surface area contributed by atoms with Gasteiger partial charge in [-0.1, -0.05) is 6.58 Å². The van der Waals surface area contributed by atoms with Crippen LogP contribution < -0.4 is 14.2 Å². The van der Waals surface area contributed by atoms with Crippen LogP contribution >= 0.6 is 0 Å². The zero-order valence-electron chi connectivity index (χ0n) is 12.9. The second-order valence-corrected chi connectivity index (χ2v) is 4.47. The highest BCUT2D eigenvalue weighted by atomic mass is 16.6. The molecule has 0 aliphatic rings. The lowest BCUT2D eigenvalue weighted by Gasteiger charge is -2.09. The second kappa shape index (κ2) is 8.48. The Labute approximate surface area is 135 Å². The third kappa shape index (κ3) is 5.39. The molecule has 0 radical (unpaired) electrons. The van der Waals surface area contributed by atoms with E-state index in [9.17, 15) is 4.79 Å². The Kier molecular flexibility index (Phi) is 6.06. The third-order valence-corrected chi connectivity index (χ3v) is 2.88. The maximum absolute atomic E-state index is 10.9. The van der Waals surface area contributed by atoms with Crippen LogP contribution in [0.4, 0.5) is 0 Å². The Morgan fingerprint density at radius 1 is 0.913 bits per heavy atom. The Balaban J connectivity index is 1.81. The molecular formula is C18H18O5. The number of methoxy groups -OCH3 is 1. The van der Waals surface area contributed by atoms with Crippen LogP contribution in [0.2, 0.25) is 0 Å². The lowest BCUT2D eigenvalue weighted by molar-refractivity contribution is -0.138. The molecule has 0 fully saturated rings. The number of rotatable bonds is 8. The Morgan fingerprint density at radius 2 is 1.43 bits per heavy atom. The van der Waals surface area contributed by atoms with E-state index in [1.54, 1.807) is 31.4 Å². The van der Waals surface area contributed by atoms with Crippen LogP contribution in [0, 0.1) is 0 Å². The number of carbonyl (C=O) groups is 1.